The van der Waals surface area contributed by atoms with Crippen LogP contribution < -0.4 is 5.32 Å². The van der Waals surface area contributed by atoms with Crippen molar-refractivity contribution < 1.29 is 18.7 Å². The minimum absolute atomic E-state index is 0.0387. The second-order valence-electron chi connectivity index (χ2n) is 8.62. The van der Waals surface area contributed by atoms with Gasteiger partial charge in [-0.2, -0.15) is 0 Å². The standard InChI is InChI=1S/C22H30FN3O3/c1-25-9-10-29-20-14-26(13-19(20)25)22(28)16-5-7-18(8-6-16)24-21(27)12-15-3-2-4-17(23)11-15/h2-4,11,16,18-20H,5-10,12-14H2,1H3,(H,24,27)/t16?,18?,19-,20-/m0/s1. The van der Waals surface area contributed by atoms with Gasteiger partial charge >= 0.3 is 0 Å². The average molecular weight is 403 g/mol. The van der Waals surface area contributed by atoms with Gasteiger partial charge < -0.3 is 15.0 Å². The van der Waals surface area contributed by atoms with Crippen LogP contribution in [-0.4, -0.2) is 73.1 Å². The van der Waals surface area contributed by atoms with Crippen molar-refractivity contribution in [3.05, 3.63) is 35.6 Å². The van der Waals surface area contributed by atoms with Crippen molar-refractivity contribution in [2.75, 3.05) is 33.3 Å². The summed E-state index contributed by atoms with van der Waals surface area (Å²) in [6, 6.07) is 6.55. The van der Waals surface area contributed by atoms with Gasteiger partial charge in [0.2, 0.25) is 11.8 Å². The van der Waals surface area contributed by atoms with Gasteiger partial charge in [-0.1, -0.05) is 12.1 Å². The van der Waals surface area contributed by atoms with Crippen LogP contribution in [0.15, 0.2) is 24.3 Å². The fraction of sp³-hybridized carbons (Fsp3) is 0.636. The Bertz CT molecular complexity index is 751. The Kier molecular flexibility index (Phi) is 6.15. The molecule has 0 aromatic heterocycles. The normalized spacial score (nSPS) is 30.1. The van der Waals surface area contributed by atoms with Crippen LogP contribution in [0.2, 0.25) is 0 Å². The van der Waals surface area contributed by atoms with Gasteiger partial charge in [-0.05, 0) is 50.4 Å². The third-order valence-electron chi connectivity index (χ3n) is 6.59. The number of likely N-dealkylation sites (tertiary alicyclic amines) is 1. The number of nitrogens with zero attached hydrogens (tertiary/aromatic N) is 2. The molecule has 29 heavy (non-hydrogen) atoms. The molecule has 0 unspecified atom stereocenters. The van der Waals surface area contributed by atoms with E-state index in [2.05, 4.69) is 17.3 Å². The van der Waals surface area contributed by atoms with E-state index in [1.165, 1.54) is 12.1 Å². The molecule has 158 valence electrons. The van der Waals surface area contributed by atoms with Crippen LogP contribution in [-0.2, 0) is 20.7 Å². The average Bonchev–Trinajstić information content (AvgIpc) is 3.14. The number of fused-ring (bicyclic) bond motifs is 1. The Balaban J connectivity index is 1.23. The number of nitrogens with one attached hydrogen (secondary N) is 1. The molecular weight excluding hydrogens is 373 g/mol. The SMILES string of the molecule is CN1CCO[C@H]2CN(C(=O)C3CCC(NC(=O)Cc4cccc(F)c4)CC3)C[C@@H]21. The minimum atomic E-state index is -0.326. The Morgan fingerprint density at radius 2 is 2.00 bits per heavy atom. The molecule has 0 bridgehead atoms. The first-order chi connectivity index (χ1) is 14.0. The largest absolute Gasteiger partial charge is 0.373 e. The van der Waals surface area contributed by atoms with E-state index in [9.17, 15) is 14.0 Å². The van der Waals surface area contributed by atoms with Crippen LogP contribution in [0, 0.1) is 11.7 Å². The van der Waals surface area contributed by atoms with Crippen LogP contribution in [0.5, 0.6) is 0 Å². The molecule has 2 aliphatic heterocycles. The van der Waals surface area contributed by atoms with Crippen LogP contribution >= 0.6 is 0 Å². The summed E-state index contributed by atoms with van der Waals surface area (Å²) >= 11 is 0. The first-order valence-electron chi connectivity index (χ1n) is 10.6. The first kappa shape index (κ1) is 20.3. The van der Waals surface area contributed by atoms with Crippen molar-refractivity contribution in [1.82, 2.24) is 15.1 Å². The van der Waals surface area contributed by atoms with E-state index in [1.807, 2.05) is 4.90 Å². The van der Waals surface area contributed by atoms with Crippen LogP contribution in [0.1, 0.15) is 31.2 Å². The number of halogens is 1. The molecule has 7 heteroatoms. The Morgan fingerprint density at radius 1 is 1.21 bits per heavy atom. The van der Waals surface area contributed by atoms with Crippen LogP contribution in [0.3, 0.4) is 0 Å². The molecule has 1 aromatic rings. The molecule has 3 fully saturated rings. The lowest BCUT2D eigenvalue weighted by molar-refractivity contribution is -0.136. The molecule has 1 aliphatic carbocycles. The van der Waals surface area contributed by atoms with Crippen molar-refractivity contribution in [2.24, 2.45) is 5.92 Å². The van der Waals surface area contributed by atoms with Crippen molar-refractivity contribution in [1.29, 1.82) is 0 Å². The third kappa shape index (κ3) is 4.78. The van der Waals surface area contributed by atoms with Crippen molar-refractivity contribution in [2.45, 2.75) is 50.3 Å². The highest BCUT2D eigenvalue weighted by Crippen LogP contribution is 2.29. The maximum Gasteiger partial charge on any atom is 0.225 e. The van der Waals surface area contributed by atoms with Crippen molar-refractivity contribution in [3.63, 3.8) is 0 Å². The Morgan fingerprint density at radius 3 is 2.72 bits per heavy atom. The molecule has 0 radical (unpaired) electrons. The van der Waals surface area contributed by atoms with Gasteiger partial charge in [0, 0.05) is 31.6 Å². The first-order valence-corrected chi connectivity index (χ1v) is 10.6. The molecule has 6 nitrogen and oxygen atoms in total. The summed E-state index contributed by atoms with van der Waals surface area (Å²) in [7, 11) is 2.10. The zero-order valence-electron chi connectivity index (χ0n) is 17.0. The monoisotopic (exact) mass is 403 g/mol. The smallest absolute Gasteiger partial charge is 0.225 e. The zero-order valence-corrected chi connectivity index (χ0v) is 17.0. The predicted molar refractivity (Wildman–Crippen MR) is 107 cm³/mol. The Labute approximate surface area is 171 Å². The number of morpholine rings is 1. The second-order valence-corrected chi connectivity index (χ2v) is 8.62. The number of carbonyl (C=O) groups excluding carboxylic acids is 2. The highest BCUT2D eigenvalue weighted by atomic mass is 19.1. The molecule has 4 rings (SSSR count). The molecular formula is C22H30FN3O3. The molecule has 2 atom stereocenters. The minimum Gasteiger partial charge on any atom is -0.373 e. The van der Waals surface area contributed by atoms with Crippen molar-refractivity contribution >= 4 is 11.8 Å². The van der Waals surface area contributed by atoms with Gasteiger partial charge in [-0.15, -0.1) is 0 Å². The van der Waals surface area contributed by atoms with Gasteiger partial charge in [-0.3, -0.25) is 14.5 Å². The topological polar surface area (TPSA) is 61.9 Å². The summed E-state index contributed by atoms with van der Waals surface area (Å²) in [4.78, 5) is 29.5. The maximum absolute atomic E-state index is 13.3. The van der Waals surface area contributed by atoms with E-state index >= 15 is 0 Å². The lowest BCUT2D eigenvalue weighted by Gasteiger charge is -2.33. The van der Waals surface area contributed by atoms with E-state index in [1.54, 1.807) is 12.1 Å². The lowest BCUT2D eigenvalue weighted by Crippen LogP contribution is -2.48. The fourth-order valence-corrected chi connectivity index (χ4v) is 4.89. The van der Waals surface area contributed by atoms with E-state index in [0.717, 1.165) is 45.4 Å². The highest BCUT2D eigenvalue weighted by molar-refractivity contribution is 5.80. The number of benzene rings is 1. The number of hydrogen-bond acceptors (Lipinski definition) is 4. The number of ether oxygens (including phenoxy) is 1. The van der Waals surface area contributed by atoms with E-state index in [0.29, 0.717) is 18.2 Å². The molecule has 2 amide bonds. The van der Waals surface area contributed by atoms with E-state index in [4.69, 9.17) is 4.74 Å². The van der Waals surface area contributed by atoms with Gasteiger partial charge in [0.25, 0.3) is 0 Å². The molecule has 2 saturated heterocycles. The molecule has 1 saturated carbocycles. The van der Waals surface area contributed by atoms with Gasteiger partial charge in [0.15, 0.2) is 0 Å². The summed E-state index contributed by atoms with van der Waals surface area (Å²) < 4.78 is 19.1. The Hall–Kier alpha value is -1.99. The molecule has 3 aliphatic rings. The number of hydrogen-bond donors (Lipinski definition) is 1. The summed E-state index contributed by atoms with van der Waals surface area (Å²) in [5, 5.41) is 3.05. The summed E-state index contributed by atoms with van der Waals surface area (Å²) in [6.45, 7) is 3.10. The number of likely N-dealkylation sites (N-methyl/N-ethyl adjacent to an activating group) is 1. The second kappa shape index (κ2) is 8.79. The molecule has 2 heterocycles. The van der Waals surface area contributed by atoms with Gasteiger partial charge in [-0.25, -0.2) is 4.39 Å². The lowest BCUT2D eigenvalue weighted by atomic mass is 9.85. The number of carbonyl (C=O) groups is 2. The number of amides is 2. The summed E-state index contributed by atoms with van der Waals surface area (Å²) in [6.07, 6.45) is 3.53. The summed E-state index contributed by atoms with van der Waals surface area (Å²) in [5.74, 6) is -0.139. The quantitative estimate of drug-likeness (QED) is 0.829. The maximum atomic E-state index is 13.3. The zero-order chi connectivity index (χ0) is 20.4. The van der Waals surface area contributed by atoms with Gasteiger partial charge in [0.05, 0.1) is 25.2 Å². The number of rotatable bonds is 4. The molecule has 1 N–H and O–H groups in total. The van der Waals surface area contributed by atoms with Crippen molar-refractivity contribution in [3.8, 4) is 0 Å². The highest BCUT2D eigenvalue weighted by Gasteiger charge is 2.42. The third-order valence-corrected chi connectivity index (χ3v) is 6.59. The van der Waals surface area contributed by atoms with Gasteiger partial charge in [0.1, 0.15) is 5.82 Å². The molecule has 1 aromatic carbocycles. The van der Waals surface area contributed by atoms with E-state index in [-0.39, 0.29) is 42.1 Å². The van der Waals surface area contributed by atoms with Crippen LogP contribution in [0.4, 0.5) is 4.39 Å². The predicted octanol–water partition coefficient (Wildman–Crippen LogP) is 1.58. The van der Waals surface area contributed by atoms with E-state index < -0.39 is 0 Å². The fourth-order valence-electron chi connectivity index (χ4n) is 4.89. The van der Waals surface area contributed by atoms with Crippen LogP contribution in [0.25, 0.3) is 0 Å². The molecule has 0 spiro atoms. The summed E-state index contributed by atoms with van der Waals surface area (Å²) in [5.41, 5.74) is 0.675.